The number of hydrogen-bond acceptors (Lipinski definition) is 5. The van der Waals surface area contributed by atoms with Crippen LogP contribution in [0.5, 0.6) is 5.75 Å². The zero-order valence-electron chi connectivity index (χ0n) is 26.5. The van der Waals surface area contributed by atoms with E-state index in [4.69, 9.17) is 21.1 Å². The molecule has 234 valence electrons. The Bertz CT molecular complexity index is 1360. The SMILES string of the molecule is C=S(NC)C(C)C(C)C/C=C/[C@](C)(OC)C1CCC1CN1C[C@@]2(CCCc3cc(Cl)ccc32)COc2ccc(C=O)cc21. The molecule has 0 bridgehead atoms. The third-order valence-electron chi connectivity index (χ3n) is 10.7. The molecule has 0 radical (unpaired) electrons. The summed E-state index contributed by atoms with van der Waals surface area (Å²) in [4.78, 5) is 14.4. The molecule has 2 aromatic carbocycles. The van der Waals surface area contributed by atoms with E-state index in [-0.39, 0.29) is 21.7 Å². The Hall–Kier alpha value is -2.12. The van der Waals surface area contributed by atoms with Crippen molar-refractivity contribution >= 4 is 40.1 Å². The minimum absolute atomic E-state index is 0.0389. The summed E-state index contributed by atoms with van der Waals surface area (Å²) in [6.45, 7) is 9.23. The first kappa shape index (κ1) is 32.3. The third kappa shape index (κ3) is 6.63. The molecular formula is C36H49ClN2O3S. The predicted molar refractivity (Wildman–Crippen MR) is 183 cm³/mol. The first-order valence-electron chi connectivity index (χ1n) is 15.8. The van der Waals surface area contributed by atoms with Crippen molar-refractivity contribution < 1.29 is 14.3 Å². The van der Waals surface area contributed by atoms with Crippen LogP contribution in [0.4, 0.5) is 5.69 Å². The van der Waals surface area contributed by atoms with E-state index >= 15 is 0 Å². The number of nitrogens with one attached hydrogen (secondary N) is 1. The highest BCUT2D eigenvalue weighted by molar-refractivity contribution is 8.12. The Morgan fingerprint density at radius 1 is 1.28 bits per heavy atom. The van der Waals surface area contributed by atoms with Crippen molar-refractivity contribution in [1.29, 1.82) is 0 Å². The van der Waals surface area contributed by atoms with Gasteiger partial charge in [-0.3, -0.25) is 9.52 Å². The quantitative estimate of drug-likeness (QED) is 0.157. The summed E-state index contributed by atoms with van der Waals surface area (Å²) in [6, 6.07) is 12.2. The molecule has 0 saturated heterocycles. The number of hydrogen-bond donors (Lipinski definition) is 1. The van der Waals surface area contributed by atoms with Gasteiger partial charge in [0.25, 0.3) is 0 Å². The van der Waals surface area contributed by atoms with Gasteiger partial charge in [-0.25, -0.2) is 0 Å². The summed E-state index contributed by atoms with van der Waals surface area (Å²) in [5.74, 6) is 6.56. The standard InChI is InChI=1S/C36H49ClN2O3S/c1-25(26(2)43(6)38-4)9-7-17-35(3,41-5)31-14-12-29(31)21-39-23-36(18-8-10-28-20-30(37)13-15-32(28)36)24-42-34-16-11-27(22-40)19-33(34)39/h7,11,13,15-17,19-20,22,25-26,29,31,38H,6,8-10,12,14,18,21,23-24H2,1-5H3/b17-7+/t25?,26?,29?,31?,35-,36-,43?/m0/s1. The number of rotatable bonds is 11. The maximum absolute atomic E-state index is 11.8. The van der Waals surface area contributed by atoms with Crippen molar-refractivity contribution in [3.05, 3.63) is 70.3 Å². The fourth-order valence-corrected chi connectivity index (χ4v) is 8.79. The summed E-state index contributed by atoms with van der Waals surface area (Å²) in [5, 5.41) is 1.30. The molecule has 1 saturated carbocycles. The molecule has 0 amide bonds. The van der Waals surface area contributed by atoms with Gasteiger partial charge < -0.3 is 14.4 Å². The van der Waals surface area contributed by atoms with Crippen LogP contribution in [0.25, 0.3) is 0 Å². The number of anilines is 1. The molecule has 0 aromatic heterocycles. The molecule has 1 fully saturated rings. The van der Waals surface area contributed by atoms with Crippen LogP contribution in [-0.2, 0) is 16.6 Å². The molecule has 5 rings (SSSR count). The molecular weight excluding hydrogens is 576 g/mol. The number of carbonyl (C=O) groups is 1. The van der Waals surface area contributed by atoms with Gasteiger partial charge in [-0.15, -0.1) is 10.7 Å². The maximum Gasteiger partial charge on any atom is 0.150 e. The van der Waals surface area contributed by atoms with Gasteiger partial charge in [0.05, 0.1) is 17.9 Å². The highest BCUT2D eigenvalue weighted by Gasteiger charge is 2.47. The fraction of sp³-hybridized carbons (Fsp3) is 0.556. The van der Waals surface area contributed by atoms with Crippen molar-refractivity contribution in [3.63, 3.8) is 0 Å². The van der Waals surface area contributed by atoms with Gasteiger partial charge in [-0.05, 0) is 112 Å². The van der Waals surface area contributed by atoms with Crippen molar-refractivity contribution in [2.24, 2.45) is 17.8 Å². The first-order valence-corrected chi connectivity index (χ1v) is 17.7. The molecule has 1 heterocycles. The number of halogens is 1. The number of carbonyl (C=O) groups excluding carboxylic acids is 1. The van der Waals surface area contributed by atoms with Crippen LogP contribution in [-0.4, -0.2) is 56.9 Å². The van der Waals surface area contributed by atoms with Crippen molar-refractivity contribution in [3.8, 4) is 5.75 Å². The second-order valence-electron chi connectivity index (χ2n) is 13.2. The average Bonchev–Trinajstić information content (AvgIpc) is 3.15. The number of aldehydes is 1. The monoisotopic (exact) mass is 624 g/mol. The van der Waals surface area contributed by atoms with Gasteiger partial charge in [0.1, 0.15) is 12.0 Å². The van der Waals surface area contributed by atoms with Crippen LogP contribution in [0.2, 0.25) is 5.02 Å². The topological polar surface area (TPSA) is 50.8 Å². The lowest BCUT2D eigenvalue weighted by Gasteiger charge is -2.49. The highest BCUT2D eigenvalue weighted by atomic mass is 35.5. The lowest BCUT2D eigenvalue weighted by atomic mass is 9.64. The van der Waals surface area contributed by atoms with E-state index in [0.717, 1.165) is 74.4 Å². The molecule has 1 N–H and O–H groups in total. The van der Waals surface area contributed by atoms with E-state index in [0.29, 0.717) is 35.2 Å². The van der Waals surface area contributed by atoms with Crippen molar-refractivity contribution in [2.45, 2.75) is 75.6 Å². The Morgan fingerprint density at radius 3 is 2.79 bits per heavy atom. The molecule has 1 aliphatic heterocycles. The van der Waals surface area contributed by atoms with E-state index in [1.165, 1.54) is 11.1 Å². The van der Waals surface area contributed by atoms with E-state index in [1.807, 2.05) is 38.4 Å². The van der Waals surface area contributed by atoms with Gasteiger partial charge >= 0.3 is 0 Å². The van der Waals surface area contributed by atoms with Crippen LogP contribution >= 0.6 is 22.3 Å². The van der Waals surface area contributed by atoms with Crippen LogP contribution in [0, 0.1) is 17.8 Å². The zero-order valence-corrected chi connectivity index (χ0v) is 28.1. The van der Waals surface area contributed by atoms with Crippen LogP contribution < -0.4 is 14.4 Å². The second-order valence-corrected chi connectivity index (χ2v) is 15.7. The summed E-state index contributed by atoms with van der Waals surface area (Å²) < 4.78 is 16.2. The third-order valence-corrected chi connectivity index (χ3v) is 12.8. The predicted octanol–water partition coefficient (Wildman–Crippen LogP) is 7.86. The van der Waals surface area contributed by atoms with Crippen LogP contribution in [0.1, 0.15) is 74.4 Å². The number of ether oxygens (including phenoxy) is 2. The molecule has 3 aliphatic rings. The van der Waals surface area contributed by atoms with E-state index < -0.39 is 0 Å². The minimum Gasteiger partial charge on any atom is -0.490 e. The van der Waals surface area contributed by atoms with Gasteiger partial charge in [-0.1, -0.05) is 49.5 Å². The van der Waals surface area contributed by atoms with Crippen LogP contribution in [0.3, 0.4) is 0 Å². The lowest BCUT2D eigenvalue weighted by molar-refractivity contribution is -0.0622. The number of aryl methyl sites for hydroxylation is 1. The maximum atomic E-state index is 11.8. The average molecular weight is 625 g/mol. The Morgan fingerprint density at radius 2 is 2.09 bits per heavy atom. The Balaban J connectivity index is 1.40. The van der Waals surface area contributed by atoms with Crippen LogP contribution in [0.15, 0.2) is 48.6 Å². The lowest BCUT2D eigenvalue weighted by Crippen LogP contribution is -2.52. The van der Waals surface area contributed by atoms with Crippen molar-refractivity contribution in [2.75, 3.05) is 38.8 Å². The molecule has 5 unspecified atom stereocenters. The smallest absolute Gasteiger partial charge is 0.150 e. The number of benzene rings is 2. The highest BCUT2D eigenvalue weighted by Crippen LogP contribution is 2.48. The molecule has 43 heavy (non-hydrogen) atoms. The summed E-state index contributed by atoms with van der Waals surface area (Å²) in [7, 11) is 3.81. The molecule has 1 spiro atoms. The molecule has 7 atom stereocenters. The molecule has 2 aromatic rings. The van der Waals surface area contributed by atoms with Gasteiger partial charge in [-0.2, -0.15) is 0 Å². The van der Waals surface area contributed by atoms with Gasteiger partial charge in [0, 0.05) is 41.5 Å². The molecule has 2 aliphatic carbocycles. The van der Waals surface area contributed by atoms with Gasteiger partial charge in [0.15, 0.2) is 0 Å². The second kappa shape index (κ2) is 13.5. The summed E-state index contributed by atoms with van der Waals surface area (Å²) in [5.41, 5.74) is 3.94. The van der Waals surface area contributed by atoms with Gasteiger partial charge in [0.2, 0.25) is 0 Å². The largest absolute Gasteiger partial charge is 0.490 e. The summed E-state index contributed by atoms with van der Waals surface area (Å²) in [6.07, 6.45) is 12.1. The first-order chi connectivity index (χ1) is 20.6. The minimum atomic E-state index is -0.331. The van der Waals surface area contributed by atoms with Crippen molar-refractivity contribution in [1.82, 2.24) is 4.72 Å². The van der Waals surface area contributed by atoms with E-state index in [1.54, 1.807) is 0 Å². The molecule has 7 heteroatoms. The summed E-state index contributed by atoms with van der Waals surface area (Å²) >= 11 is 6.43. The Kier molecular flexibility index (Phi) is 10.1. The molecule has 5 nitrogen and oxygen atoms in total. The number of methoxy groups -OCH3 is 1. The number of allylic oxidation sites excluding steroid dienone is 1. The number of nitrogens with zero attached hydrogens (tertiary/aromatic N) is 1. The zero-order chi connectivity index (χ0) is 30.8. The fourth-order valence-electron chi connectivity index (χ4n) is 7.55. The van der Waals surface area contributed by atoms with E-state index in [2.05, 4.69) is 60.5 Å². The number of fused-ring (bicyclic) bond motifs is 3. The Labute approximate surface area is 266 Å². The normalized spacial score (nSPS) is 26.8. The van der Waals surface area contributed by atoms with E-state index in [9.17, 15) is 4.79 Å².